The Kier molecular flexibility index (Phi) is 4.85. The van der Waals surface area contributed by atoms with Crippen LogP contribution < -0.4 is 5.32 Å². The number of carboxylic acid groups (broad SMARTS) is 1. The normalized spacial score (nSPS) is 22.2. The van der Waals surface area contributed by atoms with Crippen molar-refractivity contribution in [3.8, 4) is 0 Å². The maximum Gasteiger partial charge on any atom is 0.323 e. The number of likely N-dealkylation sites (tertiary alicyclic amines) is 1. The van der Waals surface area contributed by atoms with Gasteiger partial charge >= 0.3 is 5.97 Å². The minimum Gasteiger partial charge on any atom is -0.480 e. The summed E-state index contributed by atoms with van der Waals surface area (Å²) in [5.74, 6) is -1.07. The van der Waals surface area contributed by atoms with Crippen molar-refractivity contribution in [3.63, 3.8) is 0 Å². The van der Waals surface area contributed by atoms with Gasteiger partial charge in [0.15, 0.2) is 0 Å². The summed E-state index contributed by atoms with van der Waals surface area (Å²) < 4.78 is 0. The van der Waals surface area contributed by atoms with Crippen molar-refractivity contribution < 1.29 is 14.7 Å². The van der Waals surface area contributed by atoms with Gasteiger partial charge in [-0.2, -0.15) is 0 Å². The van der Waals surface area contributed by atoms with Gasteiger partial charge in [0, 0.05) is 11.6 Å². The molecule has 1 fully saturated rings. The topological polar surface area (TPSA) is 69.6 Å². The van der Waals surface area contributed by atoms with Crippen LogP contribution in [0.4, 0.5) is 0 Å². The van der Waals surface area contributed by atoms with E-state index in [0.29, 0.717) is 24.5 Å². The zero-order valence-electron chi connectivity index (χ0n) is 11.9. The van der Waals surface area contributed by atoms with Crippen molar-refractivity contribution in [2.45, 2.75) is 31.8 Å². The molecule has 1 saturated heterocycles. The molecule has 2 N–H and O–H groups in total. The van der Waals surface area contributed by atoms with Gasteiger partial charge in [0.25, 0.3) is 0 Å². The first-order valence-corrected chi connectivity index (χ1v) is 7.30. The van der Waals surface area contributed by atoms with Crippen LogP contribution in [0.5, 0.6) is 0 Å². The van der Waals surface area contributed by atoms with Gasteiger partial charge in [0.2, 0.25) is 5.91 Å². The molecular weight excluding hydrogens is 292 g/mol. The van der Waals surface area contributed by atoms with Crippen molar-refractivity contribution in [2.24, 2.45) is 0 Å². The van der Waals surface area contributed by atoms with Gasteiger partial charge in [0.05, 0.1) is 6.54 Å². The number of carbonyl (C=O) groups is 2. The lowest BCUT2D eigenvalue weighted by molar-refractivity contribution is -0.149. The molecule has 0 saturated carbocycles. The molecule has 114 valence electrons. The average molecular weight is 311 g/mol. The second-order valence-electron chi connectivity index (χ2n) is 5.47. The quantitative estimate of drug-likeness (QED) is 0.871. The highest BCUT2D eigenvalue weighted by atomic mass is 35.5. The SMILES string of the molecule is CC1(C(=O)O)CCCN1CC(=O)NCc1ccccc1Cl. The highest BCUT2D eigenvalue weighted by Gasteiger charge is 2.43. The first kappa shape index (κ1) is 15.8. The number of carbonyl (C=O) groups excluding carboxylic acids is 1. The van der Waals surface area contributed by atoms with E-state index in [4.69, 9.17) is 11.6 Å². The maximum absolute atomic E-state index is 12.0. The van der Waals surface area contributed by atoms with Crippen LogP contribution in [-0.2, 0) is 16.1 Å². The van der Waals surface area contributed by atoms with E-state index in [1.54, 1.807) is 17.9 Å². The molecule has 1 aromatic carbocycles. The molecule has 6 heteroatoms. The summed E-state index contributed by atoms with van der Waals surface area (Å²) >= 11 is 6.03. The van der Waals surface area contributed by atoms with Crippen LogP contribution in [0.25, 0.3) is 0 Å². The molecule has 2 rings (SSSR count). The van der Waals surface area contributed by atoms with Crippen LogP contribution in [0.15, 0.2) is 24.3 Å². The Hall–Kier alpha value is -1.59. The van der Waals surface area contributed by atoms with Gasteiger partial charge in [-0.15, -0.1) is 0 Å². The van der Waals surface area contributed by atoms with Gasteiger partial charge in [0.1, 0.15) is 5.54 Å². The van der Waals surface area contributed by atoms with Crippen molar-refractivity contribution >= 4 is 23.5 Å². The monoisotopic (exact) mass is 310 g/mol. The van der Waals surface area contributed by atoms with Crippen molar-refractivity contribution in [1.29, 1.82) is 0 Å². The Bertz CT molecular complexity index is 549. The Morgan fingerprint density at radius 2 is 2.14 bits per heavy atom. The summed E-state index contributed by atoms with van der Waals surface area (Å²) in [5.41, 5.74) is -0.100. The molecule has 1 amide bonds. The second-order valence-corrected chi connectivity index (χ2v) is 5.88. The van der Waals surface area contributed by atoms with E-state index >= 15 is 0 Å². The Labute approximate surface area is 128 Å². The number of amides is 1. The zero-order chi connectivity index (χ0) is 15.5. The van der Waals surface area contributed by atoms with Crippen LogP contribution in [0.3, 0.4) is 0 Å². The van der Waals surface area contributed by atoms with Gasteiger partial charge in [-0.25, -0.2) is 0 Å². The van der Waals surface area contributed by atoms with Crippen LogP contribution in [0.2, 0.25) is 5.02 Å². The number of hydrogen-bond acceptors (Lipinski definition) is 3. The fourth-order valence-electron chi connectivity index (χ4n) is 2.58. The molecule has 1 atom stereocenters. The fourth-order valence-corrected chi connectivity index (χ4v) is 2.78. The van der Waals surface area contributed by atoms with E-state index in [0.717, 1.165) is 12.0 Å². The Balaban J connectivity index is 1.90. The van der Waals surface area contributed by atoms with Crippen LogP contribution in [0.1, 0.15) is 25.3 Å². The molecule has 1 heterocycles. The van der Waals surface area contributed by atoms with Crippen LogP contribution in [-0.4, -0.2) is 40.5 Å². The van der Waals surface area contributed by atoms with Gasteiger partial charge in [-0.05, 0) is 37.9 Å². The lowest BCUT2D eigenvalue weighted by Gasteiger charge is -2.30. The second kappa shape index (κ2) is 6.45. The van der Waals surface area contributed by atoms with E-state index in [2.05, 4.69) is 5.32 Å². The maximum atomic E-state index is 12.0. The lowest BCUT2D eigenvalue weighted by atomic mass is 9.99. The van der Waals surface area contributed by atoms with Crippen molar-refractivity contribution in [1.82, 2.24) is 10.2 Å². The summed E-state index contributed by atoms with van der Waals surface area (Å²) in [4.78, 5) is 25.1. The zero-order valence-corrected chi connectivity index (χ0v) is 12.7. The molecule has 0 bridgehead atoms. The summed E-state index contributed by atoms with van der Waals surface area (Å²) in [6.07, 6.45) is 1.36. The molecule has 1 unspecified atom stereocenters. The molecule has 5 nitrogen and oxygen atoms in total. The number of nitrogens with one attached hydrogen (secondary N) is 1. The predicted molar refractivity (Wildman–Crippen MR) is 80.1 cm³/mol. The summed E-state index contributed by atoms with van der Waals surface area (Å²) in [5, 5.41) is 12.7. The third-order valence-electron chi connectivity index (χ3n) is 4.02. The van der Waals surface area contributed by atoms with Crippen LogP contribution >= 0.6 is 11.6 Å². The molecule has 0 radical (unpaired) electrons. The van der Waals surface area contributed by atoms with Gasteiger partial charge in [-0.3, -0.25) is 14.5 Å². The molecule has 21 heavy (non-hydrogen) atoms. The predicted octanol–water partition coefficient (Wildman–Crippen LogP) is 1.90. The largest absolute Gasteiger partial charge is 0.480 e. The lowest BCUT2D eigenvalue weighted by Crippen LogP contribution is -2.51. The molecular formula is C15H19ClN2O3. The van der Waals surface area contributed by atoms with E-state index in [1.165, 1.54) is 0 Å². The van der Waals surface area contributed by atoms with Crippen molar-refractivity contribution in [3.05, 3.63) is 34.9 Å². The molecule has 0 aliphatic carbocycles. The summed E-state index contributed by atoms with van der Waals surface area (Å²) in [6, 6.07) is 7.30. The highest BCUT2D eigenvalue weighted by molar-refractivity contribution is 6.31. The molecule has 1 aliphatic rings. The minimum atomic E-state index is -0.943. The number of halogens is 1. The fraction of sp³-hybridized carbons (Fsp3) is 0.467. The van der Waals surface area contributed by atoms with E-state index in [9.17, 15) is 14.7 Å². The van der Waals surface area contributed by atoms with E-state index < -0.39 is 11.5 Å². The molecule has 0 aromatic heterocycles. The van der Waals surface area contributed by atoms with E-state index in [1.807, 2.05) is 18.2 Å². The number of benzene rings is 1. The smallest absolute Gasteiger partial charge is 0.323 e. The third kappa shape index (κ3) is 3.54. The highest BCUT2D eigenvalue weighted by Crippen LogP contribution is 2.28. The third-order valence-corrected chi connectivity index (χ3v) is 4.39. The van der Waals surface area contributed by atoms with Gasteiger partial charge < -0.3 is 10.4 Å². The number of nitrogens with zero attached hydrogens (tertiary/aromatic N) is 1. The summed E-state index contributed by atoms with van der Waals surface area (Å²) in [6.45, 7) is 2.73. The number of rotatable bonds is 5. The van der Waals surface area contributed by atoms with E-state index in [-0.39, 0.29) is 12.5 Å². The number of carboxylic acids is 1. The van der Waals surface area contributed by atoms with Crippen LogP contribution in [0, 0.1) is 0 Å². The molecule has 0 spiro atoms. The first-order valence-electron chi connectivity index (χ1n) is 6.92. The number of hydrogen-bond donors (Lipinski definition) is 2. The Morgan fingerprint density at radius 1 is 1.43 bits per heavy atom. The average Bonchev–Trinajstić information content (AvgIpc) is 2.81. The minimum absolute atomic E-state index is 0.0905. The van der Waals surface area contributed by atoms with Crippen molar-refractivity contribution in [2.75, 3.05) is 13.1 Å². The molecule has 1 aliphatic heterocycles. The summed E-state index contributed by atoms with van der Waals surface area (Å²) in [7, 11) is 0. The van der Waals surface area contributed by atoms with Gasteiger partial charge in [-0.1, -0.05) is 29.8 Å². The number of aliphatic carboxylic acids is 1. The molecule has 1 aromatic rings. The Morgan fingerprint density at radius 3 is 2.81 bits per heavy atom. The standard InChI is InChI=1S/C15H19ClN2O3/c1-15(14(20)21)7-4-8-18(15)10-13(19)17-9-11-5-2-3-6-12(11)16/h2-3,5-6H,4,7-10H2,1H3,(H,17,19)(H,20,21). The first-order chi connectivity index (χ1) is 9.93.